The molecule has 2 atom stereocenters. The van der Waals surface area contributed by atoms with Gasteiger partial charge in [0, 0.05) is 12.1 Å². The third-order valence-corrected chi connectivity index (χ3v) is 4.29. The maximum absolute atomic E-state index is 6.27. The Kier molecular flexibility index (Phi) is 4.17. The van der Waals surface area contributed by atoms with Crippen LogP contribution in [0.15, 0.2) is 33.1 Å². The SMILES string of the molecule is Cc1ccc(C(N[C@@H]2CCCC[C@H]2N)c2ccc(C)o2)o1. The molecule has 114 valence electrons. The molecule has 4 heteroatoms. The van der Waals surface area contributed by atoms with E-state index in [-0.39, 0.29) is 12.1 Å². The van der Waals surface area contributed by atoms with Gasteiger partial charge >= 0.3 is 0 Å². The van der Waals surface area contributed by atoms with E-state index >= 15 is 0 Å². The van der Waals surface area contributed by atoms with Crippen molar-refractivity contribution in [3.8, 4) is 0 Å². The van der Waals surface area contributed by atoms with E-state index < -0.39 is 0 Å². The van der Waals surface area contributed by atoms with Crippen LogP contribution in [0.5, 0.6) is 0 Å². The minimum absolute atomic E-state index is 0.0680. The van der Waals surface area contributed by atoms with Gasteiger partial charge in [-0.1, -0.05) is 12.8 Å². The smallest absolute Gasteiger partial charge is 0.128 e. The minimum atomic E-state index is -0.0680. The van der Waals surface area contributed by atoms with Crippen molar-refractivity contribution in [1.82, 2.24) is 5.32 Å². The summed E-state index contributed by atoms with van der Waals surface area (Å²) in [7, 11) is 0. The first-order valence-corrected chi connectivity index (χ1v) is 7.78. The van der Waals surface area contributed by atoms with E-state index in [4.69, 9.17) is 14.6 Å². The van der Waals surface area contributed by atoms with Crippen LogP contribution in [0.2, 0.25) is 0 Å². The van der Waals surface area contributed by atoms with Crippen LogP contribution in [-0.4, -0.2) is 12.1 Å². The molecular formula is C17H24N2O2. The molecule has 21 heavy (non-hydrogen) atoms. The number of rotatable bonds is 4. The van der Waals surface area contributed by atoms with Crippen LogP contribution < -0.4 is 11.1 Å². The zero-order chi connectivity index (χ0) is 14.8. The molecule has 0 unspecified atom stereocenters. The highest BCUT2D eigenvalue weighted by Crippen LogP contribution is 2.28. The van der Waals surface area contributed by atoms with Crippen LogP contribution in [0.25, 0.3) is 0 Å². The molecule has 4 nitrogen and oxygen atoms in total. The number of furan rings is 2. The number of hydrogen-bond donors (Lipinski definition) is 2. The van der Waals surface area contributed by atoms with Crippen LogP contribution >= 0.6 is 0 Å². The highest BCUT2D eigenvalue weighted by Gasteiger charge is 2.28. The van der Waals surface area contributed by atoms with Gasteiger partial charge in [0.25, 0.3) is 0 Å². The van der Waals surface area contributed by atoms with Crippen LogP contribution in [0.1, 0.15) is 54.8 Å². The molecule has 1 saturated carbocycles. The Labute approximate surface area is 125 Å². The fraction of sp³-hybridized carbons (Fsp3) is 0.529. The molecule has 0 spiro atoms. The lowest BCUT2D eigenvalue weighted by Crippen LogP contribution is -2.48. The van der Waals surface area contributed by atoms with E-state index in [0.29, 0.717) is 6.04 Å². The van der Waals surface area contributed by atoms with E-state index in [2.05, 4.69) is 5.32 Å². The van der Waals surface area contributed by atoms with E-state index in [0.717, 1.165) is 35.9 Å². The van der Waals surface area contributed by atoms with Gasteiger partial charge in [-0.3, -0.25) is 5.32 Å². The Balaban J connectivity index is 1.85. The zero-order valence-electron chi connectivity index (χ0n) is 12.8. The van der Waals surface area contributed by atoms with Gasteiger partial charge in [-0.05, 0) is 51.0 Å². The average Bonchev–Trinajstić information content (AvgIpc) is 3.07. The monoisotopic (exact) mass is 288 g/mol. The second-order valence-electron chi connectivity index (χ2n) is 6.05. The third-order valence-electron chi connectivity index (χ3n) is 4.29. The fourth-order valence-electron chi connectivity index (χ4n) is 3.10. The Morgan fingerprint density at radius 3 is 2.05 bits per heavy atom. The predicted octanol–water partition coefficient (Wildman–Crippen LogP) is 3.44. The Hall–Kier alpha value is -1.52. The fourth-order valence-corrected chi connectivity index (χ4v) is 3.10. The quantitative estimate of drug-likeness (QED) is 0.904. The molecule has 0 aromatic carbocycles. The van der Waals surface area contributed by atoms with Gasteiger partial charge in [-0.2, -0.15) is 0 Å². The standard InChI is InChI=1S/C17H24N2O2/c1-11-7-9-15(20-11)17(16-10-8-12(2)21-16)19-14-6-4-3-5-13(14)18/h7-10,13-14,17,19H,3-6,18H2,1-2H3/t13-,14-/m1/s1. The molecule has 3 rings (SSSR count). The van der Waals surface area contributed by atoms with E-state index in [1.165, 1.54) is 12.8 Å². The summed E-state index contributed by atoms with van der Waals surface area (Å²) in [5.41, 5.74) is 6.27. The molecule has 0 saturated heterocycles. The van der Waals surface area contributed by atoms with Crippen molar-refractivity contribution in [2.75, 3.05) is 0 Å². The number of aryl methyl sites for hydroxylation is 2. The molecule has 2 aromatic rings. The summed E-state index contributed by atoms with van der Waals surface area (Å²) in [5, 5.41) is 3.65. The highest BCUT2D eigenvalue weighted by molar-refractivity contribution is 5.22. The molecule has 0 radical (unpaired) electrons. The molecular weight excluding hydrogens is 264 g/mol. The summed E-state index contributed by atoms with van der Waals surface area (Å²) in [6.45, 7) is 3.92. The molecule has 1 aliphatic rings. The van der Waals surface area contributed by atoms with Gasteiger partial charge in [0.05, 0.1) is 0 Å². The number of hydrogen-bond acceptors (Lipinski definition) is 4. The van der Waals surface area contributed by atoms with Crippen LogP contribution in [0.3, 0.4) is 0 Å². The average molecular weight is 288 g/mol. The van der Waals surface area contributed by atoms with Gasteiger partial charge in [-0.15, -0.1) is 0 Å². The van der Waals surface area contributed by atoms with Crippen molar-refractivity contribution < 1.29 is 8.83 Å². The summed E-state index contributed by atoms with van der Waals surface area (Å²) in [5.74, 6) is 3.60. The molecule has 2 heterocycles. The number of nitrogens with two attached hydrogens (primary N) is 1. The van der Waals surface area contributed by atoms with E-state index in [1.54, 1.807) is 0 Å². The maximum Gasteiger partial charge on any atom is 0.128 e. The molecule has 2 aromatic heterocycles. The maximum atomic E-state index is 6.27. The molecule has 0 aliphatic heterocycles. The van der Waals surface area contributed by atoms with Crippen molar-refractivity contribution in [3.05, 3.63) is 47.3 Å². The van der Waals surface area contributed by atoms with Crippen LogP contribution in [0, 0.1) is 13.8 Å². The highest BCUT2D eigenvalue weighted by atomic mass is 16.4. The van der Waals surface area contributed by atoms with Crippen molar-refractivity contribution in [1.29, 1.82) is 0 Å². The lowest BCUT2D eigenvalue weighted by atomic mass is 9.90. The second-order valence-corrected chi connectivity index (χ2v) is 6.05. The first kappa shape index (κ1) is 14.4. The lowest BCUT2D eigenvalue weighted by molar-refractivity contribution is 0.279. The minimum Gasteiger partial charge on any atom is -0.464 e. The van der Waals surface area contributed by atoms with Gasteiger partial charge in [0.1, 0.15) is 29.1 Å². The molecule has 1 fully saturated rings. The number of nitrogens with one attached hydrogen (secondary N) is 1. The summed E-state index contributed by atoms with van der Waals surface area (Å²) < 4.78 is 11.6. The Morgan fingerprint density at radius 1 is 1.00 bits per heavy atom. The van der Waals surface area contributed by atoms with E-state index in [9.17, 15) is 0 Å². The largest absolute Gasteiger partial charge is 0.464 e. The van der Waals surface area contributed by atoms with Crippen LogP contribution in [0.4, 0.5) is 0 Å². The first-order chi connectivity index (χ1) is 10.1. The Morgan fingerprint density at radius 2 is 1.57 bits per heavy atom. The second kappa shape index (κ2) is 6.08. The Bertz CT molecular complexity index is 547. The van der Waals surface area contributed by atoms with Gasteiger partial charge in [-0.25, -0.2) is 0 Å². The topological polar surface area (TPSA) is 64.3 Å². The zero-order valence-corrected chi connectivity index (χ0v) is 12.8. The van der Waals surface area contributed by atoms with Gasteiger partial charge in [0.15, 0.2) is 0 Å². The van der Waals surface area contributed by atoms with Crippen molar-refractivity contribution >= 4 is 0 Å². The summed E-state index contributed by atoms with van der Waals surface area (Å²) in [6, 6.07) is 8.44. The summed E-state index contributed by atoms with van der Waals surface area (Å²) >= 11 is 0. The van der Waals surface area contributed by atoms with E-state index in [1.807, 2.05) is 38.1 Å². The van der Waals surface area contributed by atoms with Crippen molar-refractivity contribution in [2.24, 2.45) is 5.73 Å². The van der Waals surface area contributed by atoms with Gasteiger partial charge in [0.2, 0.25) is 0 Å². The summed E-state index contributed by atoms with van der Waals surface area (Å²) in [6.07, 6.45) is 4.64. The molecule has 0 bridgehead atoms. The molecule has 1 aliphatic carbocycles. The normalized spacial score (nSPS) is 22.9. The predicted molar refractivity (Wildman–Crippen MR) is 82.1 cm³/mol. The lowest BCUT2D eigenvalue weighted by Gasteiger charge is -2.32. The third kappa shape index (κ3) is 3.22. The van der Waals surface area contributed by atoms with Crippen molar-refractivity contribution in [3.63, 3.8) is 0 Å². The molecule has 3 N–H and O–H groups in total. The van der Waals surface area contributed by atoms with Crippen LogP contribution in [-0.2, 0) is 0 Å². The first-order valence-electron chi connectivity index (χ1n) is 7.78. The van der Waals surface area contributed by atoms with Crippen molar-refractivity contribution in [2.45, 2.75) is 57.7 Å². The molecule has 0 amide bonds. The van der Waals surface area contributed by atoms with Gasteiger partial charge < -0.3 is 14.6 Å². The summed E-state index contributed by atoms with van der Waals surface area (Å²) in [4.78, 5) is 0.